The molecular weight excluding hydrogens is 524 g/mol. The van der Waals surface area contributed by atoms with Crippen LogP contribution in [0, 0.1) is 34.6 Å². The molecule has 3 aromatic heterocycles. The average molecular weight is 561 g/mol. The van der Waals surface area contributed by atoms with Crippen molar-refractivity contribution in [3.63, 3.8) is 0 Å². The van der Waals surface area contributed by atoms with Crippen molar-refractivity contribution in [2.24, 2.45) is 4.99 Å². The van der Waals surface area contributed by atoms with Crippen molar-refractivity contribution in [3.05, 3.63) is 117 Å². The largest absolute Gasteiger partial charge is 0.322 e. The van der Waals surface area contributed by atoms with Gasteiger partial charge in [0.1, 0.15) is 5.00 Å². The van der Waals surface area contributed by atoms with Gasteiger partial charge in [0.25, 0.3) is 5.91 Å². The van der Waals surface area contributed by atoms with Gasteiger partial charge in [-0.3, -0.25) is 9.79 Å². The Morgan fingerprint density at radius 2 is 1.51 bits per heavy atom. The first kappa shape index (κ1) is 27.0. The molecule has 0 unspecified atom stereocenters. The van der Waals surface area contributed by atoms with Crippen LogP contribution in [-0.4, -0.2) is 21.3 Å². The molecule has 5 aromatic rings. The summed E-state index contributed by atoms with van der Waals surface area (Å²) in [7, 11) is 0. The van der Waals surface area contributed by atoms with Crippen molar-refractivity contribution in [2.75, 3.05) is 5.32 Å². The molecule has 0 saturated heterocycles. The van der Waals surface area contributed by atoms with Crippen LogP contribution in [-0.2, 0) is 12.8 Å². The Labute approximate surface area is 246 Å². The summed E-state index contributed by atoms with van der Waals surface area (Å²) in [6.07, 6.45) is 6.23. The highest BCUT2D eigenvalue weighted by atomic mass is 32.1. The second kappa shape index (κ2) is 11.0. The summed E-state index contributed by atoms with van der Waals surface area (Å²) in [5.41, 5.74) is 11.8. The third kappa shape index (κ3) is 5.20. The maximum Gasteiger partial charge on any atom is 0.258 e. The maximum atomic E-state index is 13.8. The highest BCUT2D eigenvalue weighted by Crippen LogP contribution is 2.39. The summed E-state index contributed by atoms with van der Waals surface area (Å²) in [5, 5.41) is 4.18. The Hall–Kier alpha value is -4.16. The number of nitrogens with zero attached hydrogens (tertiary/aromatic N) is 3. The molecule has 0 bridgehead atoms. The molecule has 3 heterocycles. The molecule has 0 saturated carbocycles. The molecule has 6 heteroatoms. The number of benzene rings is 2. The summed E-state index contributed by atoms with van der Waals surface area (Å²) >= 11 is 1.77. The zero-order valence-corrected chi connectivity index (χ0v) is 25.2. The van der Waals surface area contributed by atoms with Gasteiger partial charge in [0.15, 0.2) is 0 Å². The van der Waals surface area contributed by atoms with E-state index in [2.05, 4.69) is 91.5 Å². The number of fused-ring (bicyclic) bond motifs is 1. The smallest absolute Gasteiger partial charge is 0.258 e. The number of carbonyl (C=O) groups excluding carboxylic acids is 1. The SMILES string of the molecule is Cc1ccc(NC(=O)c2c(-n3c(C)cc(C=Nc4ccc(-n5c(C)ccc5C)cc4)c3C)sc3c2CCCC3)cc1. The number of amides is 1. The molecule has 6 rings (SSSR count). The molecule has 5 nitrogen and oxygen atoms in total. The third-order valence-electron chi connectivity index (χ3n) is 8.09. The highest BCUT2D eigenvalue weighted by molar-refractivity contribution is 7.15. The van der Waals surface area contributed by atoms with Crippen LogP contribution in [0.1, 0.15) is 67.5 Å². The summed E-state index contributed by atoms with van der Waals surface area (Å²) in [5.74, 6) is -0.0285. The van der Waals surface area contributed by atoms with Gasteiger partial charge < -0.3 is 14.5 Å². The zero-order valence-electron chi connectivity index (χ0n) is 24.4. The predicted molar refractivity (Wildman–Crippen MR) is 171 cm³/mol. The summed E-state index contributed by atoms with van der Waals surface area (Å²) in [4.78, 5) is 19.9. The molecule has 1 N–H and O–H groups in total. The summed E-state index contributed by atoms with van der Waals surface area (Å²) < 4.78 is 4.49. The van der Waals surface area contributed by atoms with E-state index in [0.717, 1.165) is 63.8 Å². The molecule has 0 radical (unpaired) electrons. The number of aryl methyl sites for hydroxylation is 5. The molecule has 2 aromatic carbocycles. The lowest BCUT2D eigenvalue weighted by Crippen LogP contribution is -2.17. The van der Waals surface area contributed by atoms with E-state index in [1.165, 1.54) is 33.8 Å². The standard InChI is InChI=1S/C35H36N4OS/c1-22-10-14-29(15-11-22)37-34(40)33-31-8-6-7-9-32(31)41-35(33)39-25(4)20-27(26(39)5)21-36-28-16-18-30(19-17-28)38-23(2)12-13-24(38)3/h10-21H,6-9H2,1-5H3,(H,37,40). The van der Waals surface area contributed by atoms with Crippen molar-refractivity contribution in [1.82, 2.24) is 9.13 Å². The van der Waals surface area contributed by atoms with Crippen LogP contribution in [0.25, 0.3) is 10.7 Å². The minimum absolute atomic E-state index is 0.0285. The highest BCUT2D eigenvalue weighted by Gasteiger charge is 2.28. The Morgan fingerprint density at radius 3 is 2.22 bits per heavy atom. The first-order valence-electron chi connectivity index (χ1n) is 14.3. The van der Waals surface area contributed by atoms with E-state index >= 15 is 0 Å². The van der Waals surface area contributed by atoms with Gasteiger partial charge in [0.05, 0.1) is 11.3 Å². The molecule has 0 fully saturated rings. The summed E-state index contributed by atoms with van der Waals surface area (Å²) in [6.45, 7) is 10.5. The Morgan fingerprint density at radius 1 is 0.829 bits per heavy atom. The van der Waals surface area contributed by atoms with Gasteiger partial charge in [-0.2, -0.15) is 0 Å². The fourth-order valence-electron chi connectivity index (χ4n) is 5.91. The molecule has 0 aliphatic heterocycles. The van der Waals surface area contributed by atoms with Crippen molar-refractivity contribution in [3.8, 4) is 10.7 Å². The van der Waals surface area contributed by atoms with E-state index in [0.29, 0.717) is 0 Å². The van der Waals surface area contributed by atoms with E-state index in [1.807, 2.05) is 30.5 Å². The minimum Gasteiger partial charge on any atom is -0.322 e. The number of aliphatic imine (C=N–C) groups is 1. The van der Waals surface area contributed by atoms with Gasteiger partial charge in [-0.1, -0.05) is 17.7 Å². The zero-order chi connectivity index (χ0) is 28.7. The molecule has 1 aliphatic rings. The van der Waals surface area contributed by atoms with Crippen LogP contribution in [0.3, 0.4) is 0 Å². The predicted octanol–water partition coefficient (Wildman–Crippen LogP) is 8.75. The van der Waals surface area contributed by atoms with Gasteiger partial charge >= 0.3 is 0 Å². The molecule has 41 heavy (non-hydrogen) atoms. The monoisotopic (exact) mass is 560 g/mol. The Bertz CT molecular complexity index is 1740. The van der Waals surface area contributed by atoms with E-state index in [1.54, 1.807) is 11.3 Å². The molecule has 208 valence electrons. The minimum atomic E-state index is -0.0285. The summed E-state index contributed by atoms with van der Waals surface area (Å²) in [6, 6.07) is 22.8. The third-order valence-corrected chi connectivity index (χ3v) is 9.37. The van der Waals surface area contributed by atoms with Crippen LogP contribution >= 0.6 is 11.3 Å². The lowest BCUT2D eigenvalue weighted by atomic mass is 9.95. The van der Waals surface area contributed by atoms with Gasteiger partial charge in [0.2, 0.25) is 0 Å². The van der Waals surface area contributed by atoms with Crippen LogP contribution in [0.15, 0.2) is 71.7 Å². The van der Waals surface area contributed by atoms with Crippen molar-refractivity contribution < 1.29 is 4.79 Å². The van der Waals surface area contributed by atoms with Crippen LogP contribution in [0.2, 0.25) is 0 Å². The number of rotatable bonds is 6. The maximum absolute atomic E-state index is 13.8. The first-order valence-corrected chi connectivity index (χ1v) is 15.1. The lowest BCUT2D eigenvalue weighted by molar-refractivity contribution is 0.102. The number of nitrogens with one attached hydrogen (secondary N) is 1. The molecule has 1 aliphatic carbocycles. The first-order chi connectivity index (χ1) is 19.8. The quantitative estimate of drug-likeness (QED) is 0.207. The molecular formula is C35H36N4OS. The fraction of sp³-hybridized carbons (Fsp3) is 0.257. The normalized spacial score (nSPS) is 13.1. The fourth-order valence-corrected chi connectivity index (χ4v) is 7.41. The number of hydrogen-bond donors (Lipinski definition) is 1. The van der Waals surface area contributed by atoms with Crippen LogP contribution in [0.4, 0.5) is 11.4 Å². The van der Waals surface area contributed by atoms with Gasteiger partial charge in [-0.05, 0) is 120 Å². The van der Waals surface area contributed by atoms with E-state index in [9.17, 15) is 4.79 Å². The molecule has 0 spiro atoms. The van der Waals surface area contributed by atoms with Gasteiger partial charge in [-0.25, -0.2) is 0 Å². The van der Waals surface area contributed by atoms with E-state index < -0.39 is 0 Å². The Balaban J connectivity index is 1.32. The van der Waals surface area contributed by atoms with Crippen molar-refractivity contribution in [1.29, 1.82) is 0 Å². The van der Waals surface area contributed by atoms with Gasteiger partial charge in [0, 0.05) is 50.8 Å². The second-order valence-electron chi connectivity index (χ2n) is 11.1. The van der Waals surface area contributed by atoms with E-state index in [-0.39, 0.29) is 5.91 Å². The lowest BCUT2D eigenvalue weighted by Gasteiger charge is -2.14. The average Bonchev–Trinajstić information content (AvgIpc) is 3.60. The Kier molecular flexibility index (Phi) is 7.26. The number of thiophene rings is 1. The number of anilines is 1. The van der Waals surface area contributed by atoms with Gasteiger partial charge in [-0.15, -0.1) is 11.3 Å². The molecule has 0 atom stereocenters. The number of aromatic nitrogens is 2. The van der Waals surface area contributed by atoms with E-state index in [4.69, 9.17) is 4.99 Å². The van der Waals surface area contributed by atoms with Crippen molar-refractivity contribution >= 4 is 34.8 Å². The second-order valence-corrected chi connectivity index (χ2v) is 12.2. The number of carbonyl (C=O) groups is 1. The van der Waals surface area contributed by atoms with Crippen LogP contribution < -0.4 is 5.32 Å². The number of hydrogen-bond acceptors (Lipinski definition) is 3. The van der Waals surface area contributed by atoms with Crippen molar-refractivity contribution in [2.45, 2.75) is 60.3 Å². The topological polar surface area (TPSA) is 51.3 Å². The van der Waals surface area contributed by atoms with Crippen LogP contribution in [0.5, 0.6) is 0 Å². The molecule has 1 amide bonds.